The average molecular weight is 551 g/mol. The van der Waals surface area contributed by atoms with Gasteiger partial charge in [0.1, 0.15) is 11.4 Å². The molecule has 0 unspecified atom stereocenters. The monoisotopic (exact) mass is 550 g/mol. The van der Waals surface area contributed by atoms with Crippen LogP contribution in [0.3, 0.4) is 0 Å². The van der Waals surface area contributed by atoms with Crippen LogP contribution in [0.4, 0.5) is 5.69 Å². The maximum Gasteiger partial charge on any atom is 0.337 e. The first-order valence-electron chi connectivity index (χ1n) is 12.9. The number of benzene rings is 1. The molecule has 3 aliphatic rings. The maximum absolute atomic E-state index is 13.3. The lowest BCUT2D eigenvalue weighted by Crippen LogP contribution is -2.45. The molecular weight excluding hydrogens is 516 g/mol. The van der Waals surface area contributed by atoms with Gasteiger partial charge in [-0.15, -0.1) is 0 Å². The maximum atomic E-state index is 13.3. The van der Waals surface area contributed by atoms with E-state index in [0.29, 0.717) is 35.6 Å². The standard InChI is InChI=1S/C26H35ClN4O7/c1-36-12-3-7-30-8-4-16(5-9-30)28-24(33)18-14-20(27)21(17-6-13-38-23(17)18)29-22-19(26(35)37-2)15-31(10-11-32)25(22)34/h14,16,29,32H,3-13,15H2,1-2H3,(H,28,33). The first-order valence-corrected chi connectivity index (χ1v) is 13.2. The Hall–Kier alpha value is -2.86. The van der Waals surface area contributed by atoms with Crippen LogP contribution in [0.25, 0.3) is 0 Å². The van der Waals surface area contributed by atoms with E-state index in [9.17, 15) is 19.5 Å². The van der Waals surface area contributed by atoms with Crippen LogP contribution in [-0.2, 0) is 25.5 Å². The van der Waals surface area contributed by atoms with Gasteiger partial charge in [0, 0.05) is 57.9 Å². The molecule has 0 bridgehead atoms. The van der Waals surface area contributed by atoms with Gasteiger partial charge < -0.3 is 39.8 Å². The molecule has 4 rings (SSSR count). The Morgan fingerprint density at radius 3 is 2.68 bits per heavy atom. The normalized spacial score (nSPS) is 18.0. The van der Waals surface area contributed by atoms with Crippen molar-refractivity contribution >= 4 is 35.1 Å². The number of esters is 1. The van der Waals surface area contributed by atoms with Crippen LogP contribution in [0.1, 0.15) is 35.2 Å². The minimum absolute atomic E-state index is 0.0103. The number of β-amino-alcohol motifs (C(OH)–C–C–N with tert-alkyl or cyclic N) is 1. The van der Waals surface area contributed by atoms with E-state index < -0.39 is 11.9 Å². The number of piperidine rings is 1. The zero-order chi connectivity index (χ0) is 27.2. The molecule has 12 heteroatoms. The summed E-state index contributed by atoms with van der Waals surface area (Å²) in [5, 5.41) is 15.7. The Kier molecular flexibility index (Phi) is 9.48. The quantitative estimate of drug-likeness (QED) is 0.275. The van der Waals surface area contributed by atoms with Gasteiger partial charge in [0.2, 0.25) is 0 Å². The molecule has 0 saturated carbocycles. The lowest BCUT2D eigenvalue weighted by molar-refractivity contribution is -0.136. The summed E-state index contributed by atoms with van der Waals surface area (Å²) in [5.74, 6) is -0.927. The van der Waals surface area contributed by atoms with Crippen LogP contribution in [0.15, 0.2) is 17.3 Å². The van der Waals surface area contributed by atoms with Gasteiger partial charge in [0.25, 0.3) is 11.8 Å². The summed E-state index contributed by atoms with van der Waals surface area (Å²) in [5.41, 5.74) is 1.61. The predicted octanol–water partition coefficient (Wildman–Crippen LogP) is 1.18. The van der Waals surface area contributed by atoms with Gasteiger partial charge in [-0.05, 0) is 25.3 Å². The van der Waals surface area contributed by atoms with Gasteiger partial charge in [0.15, 0.2) is 0 Å². The highest BCUT2D eigenvalue weighted by Crippen LogP contribution is 2.42. The second kappa shape index (κ2) is 12.8. The molecule has 1 aromatic rings. The number of carbonyl (C=O) groups is 3. The van der Waals surface area contributed by atoms with Crippen molar-refractivity contribution in [1.82, 2.24) is 15.1 Å². The molecule has 0 aromatic heterocycles. The second-order valence-corrected chi connectivity index (χ2v) is 9.95. The molecule has 1 fully saturated rings. The molecule has 0 atom stereocenters. The third kappa shape index (κ3) is 6.06. The van der Waals surface area contributed by atoms with Crippen molar-refractivity contribution in [1.29, 1.82) is 0 Å². The summed E-state index contributed by atoms with van der Waals surface area (Å²) in [4.78, 5) is 42.3. The van der Waals surface area contributed by atoms with Crippen molar-refractivity contribution < 1.29 is 33.7 Å². The molecule has 0 radical (unpaired) electrons. The number of aliphatic hydroxyl groups is 1. The Balaban J connectivity index is 1.50. The average Bonchev–Trinajstić information content (AvgIpc) is 3.52. The third-order valence-electron chi connectivity index (χ3n) is 7.12. The number of methoxy groups -OCH3 is 2. The molecule has 208 valence electrons. The van der Waals surface area contributed by atoms with E-state index in [1.807, 2.05) is 0 Å². The zero-order valence-electron chi connectivity index (χ0n) is 21.8. The molecule has 11 nitrogen and oxygen atoms in total. The molecule has 3 aliphatic heterocycles. The number of nitrogens with zero attached hydrogens (tertiary/aromatic N) is 2. The number of rotatable bonds is 11. The molecule has 38 heavy (non-hydrogen) atoms. The minimum atomic E-state index is -0.647. The minimum Gasteiger partial charge on any atom is -0.492 e. The number of likely N-dealkylation sites (tertiary alicyclic amines) is 1. The Labute approximate surface area is 227 Å². The number of fused-ring (bicyclic) bond motifs is 1. The Morgan fingerprint density at radius 2 is 2.00 bits per heavy atom. The fourth-order valence-electron chi connectivity index (χ4n) is 5.12. The van der Waals surface area contributed by atoms with Crippen molar-refractivity contribution in [2.45, 2.75) is 31.7 Å². The van der Waals surface area contributed by atoms with Crippen molar-refractivity contribution in [2.24, 2.45) is 0 Å². The lowest BCUT2D eigenvalue weighted by atomic mass is 10.0. The van der Waals surface area contributed by atoms with E-state index in [1.165, 1.54) is 18.1 Å². The second-order valence-electron chi connectivity index (χ2n) is 9.54. The van der Waals surface area contributed by atoms with Gasteiger partial charge in [0.05, 0.1) is 48.7 Å². The first kappa shape index (κ1) is 28.2. The zero-order valence-corrected chi connectivity index (χ0v) is 22.6. The highest BCUT2D eigenvalue weighted by Gasteiger charge is 2.36. The summed E-state index contributed by atoms with van der Waals surface area (Å²) < 4.78 is 15.8. The third-order valence-corrected chi connectivity index (χ3v) is 7.42. The lowest BCUT2D eigenvalue weighted by Gasteiger charge is -2.32. The number of amides is 2. The molecular formula is C26H35ClN4O7. The number of nitrogens with one attached hydrogen (secondary N) is 2. The fraction of sp³-hybridized carbons (Fsp3) is 0.577. The SMILES string of the molecule is COCCCN1CCC(NC(=O)c2cc(Cl)c(NC3=C(C(=O)OC)CN(CCO)C3=O)c3c2OCC3)CC1. The predicted molar refractivity (Wildman–Crippen MR) is 140 cm³/mol. The van der Waals surface area contributed by atoms with Crippen LogP contribution in [0.5, 0.6) is 5.75 Å². The molecule has 3 heterocycles. The van der Waals surface area contributed by atoms with Gasteiger partial charge in [-0.2, -0.15) is 0 Å². The highest BCUT2D eigenvalue weighted by atomic mass is 35.5. The van der Waals surface area contributed by atoms with Crippen LogP contribution < -0.4 is 15.4 Å². The largest absolute Gasteiger partial charge is 0.492 e. The number of aliphatic hydroxyl groups excluding tert-OH is 1. The number of hydrogen-bond acceptors (Lipinski definition) is 9. The van der Waals surface area contributed by atoms with Crippen molar-refractivity contribution in [3.05, 3.63) is 33.5 Å². The number of carbonyl (C=O) groups excluding carboxylic acids is 3. The highest BCUT2D eigenvalue weighted by molar-refractivity contribution is 6.34. The van der Waals surface area contributed by atoms with Crippen LogP contribution in [-0.4, -0.2) is 105 Å². The number of hydrogen-bond donors (Lipinski definition) is 3. The van der Waals surface area contributed by atoms with Gasteiger partial charge in [-0.3, -0.25) is 9.59 Å². The van der Waals surface area contributed by atoms with Gasteiger partial charge in [-0.25, -0.2) is 4.79 Å². The molecule has 1 aromatic carbocycles. The topological polar surface area (TPSA) is 130 Å². The summed E-state index contributed by atoms with van der Waals surface area (Å²) in [6, 6.07) is 1.59. The van der Waals surface area contributed by atoms with E-state index in [1.54, 1.807) is 7.11 Å². The smallest absolute Gasteiger partial charge is 0.337 e. The van der Waals surface area contributed by atoms with E-state index >= 15 is 0 Å². The molecule has 3 N–H and O–H groups in total. The van der Waals surface area contributed by atoms with Crippen LogP contribution in [0, 0.1) is 0 Å². The fourth-order valence-corrected chi connectivity index (χ4v) is 5.39. The van der Waals surface area contributed by atoms with Crippen LogP contribution in [0.2, 0.25) is 5.02 Å². The summed E-state index contributed by atoms with van der Waals surface area (Å²) in [7, 11) is 2.94. The summed E-state index contributed by atoms with van der Waals surface area (Å²) in [6.45, 7) is 3.74. The molecule has 2 amide bonds. The van der Waals surface area contributed by atoms with E-state index in [0.717, 1.165) is 45.5 Å². The molecule has 1 saturated heterocycles. The molecule has 0 spiro atoms. The number of halogens is 1. The first-order chi connectivity index (χ1) is 18.4. The van der Waals surface area contributed by atoms with E-state index in [2.05, 4.69) is 15.5 Å². The summed E-state index contributed by atoms with van der Waals surface area (Å²) in [6.07, 6.45) is 3.17. The van der Waals surface area contributed by atoms with Gasteiger partial charge >= 0.3 is 5.97 Å². The number of ether oxygens (including phenoxy) is 3. The van der Waals surface area contributed by atoms with Crippen molar-refractivity contribution in [3.8, 4) is 5.75 Å². The van der Waals surface area contributed by atoms with Gasteiger partial charge in [-0.1, -0.05) is 11.6 Å². The van der Waals surface area contributed by atoms with E-state index in [-0.39, 0.29) is 47.9 Å². The van der Waals surface area contributed by atoms with Crippen LogP contribution >= 0.6 is 11.6 Å². The van der Waals surface area contributed by atoms with Crippen molar-refractivity contribution in [2.75, 3.05) is 72.1 Å². The summed E-state index contributed by atoms with van der Waals surface area (Å²) >= 11 is 6.65. The van der Waals surface area contributed by atoms with E-state index in [4.69, 9.17) is 25.8 Å². The Morgan fingerprint density at radius 1 is 1.24 bits per heavy atom. The molecule has 0 aliphatic carbocycles. The number of anilines is 1. The van der Waals surface area contributed by atoms with Crippen molar-refractivity contribution in [3.63, 3.8) is 0 Å². The Bertz CT molecular complexity index is 1100.